The number of nitrogens with one attached hydrogen (secondary N) is 1. The normalized spacial score (nSPS) is 18.7. The van der Waals surface area contributed by atoms with Gasteiger partial charge >= 0.3 is 0 Å². The summed E-state index contributed by atoms with van der Waals surface area (Å²) in [5, 5.41) is 9.57. The van der Waals surface area contributed by atoms with E-state index in [1.54, 1.807) is 10.9 Å². The lowest BCUT2D eigenvalue weighted by Gasteiger charge is -2.36. The van der Waals surface area contributed by atoms with Gasteiger partial charge in [-0.15, -0.1) is 5.10 Å². The molecule has 10 heteroatoms. The Balaban J connectivity index is 1.34. The molecule has 0 radical (unpaired) electrons. The van der Waals surface area contributed by atoms with Gasteiger partial charge in [-0.2, -0.15) is 0 Å². The van der Waals surface area contributed by atoms with Crippen molar-refractivity contribution in [2.45, 2.75) is 12.6 Å². The molecule has 1 atom stereocenters. The number of ether oxygens (including phenoxy) is 1. The van der Waals surface area contributed by atoms with Crippen molar-refractivity contribution in [1.29, 1.82) is 0 Å². The predicted molar refractivity (Wildman–Crippen MR) is 149 cm³/mol. The van der Waals surface area contributed by atoms with E-state index in [1.165, 1.54) is 5.56 Å². The topological polar surface area (TPSA) is 88.4 Å². The summed E-state index contributed by atoms with van der Waals surface area (Å²) < 4.78 is 7.16. The van der Waals surface area contributed by atoms with Crippen LogP contribution < -0.4 is 15.8 Å². The van der Waals surface area contributed by atoms with Gasteiger partial charge in [-0.1, -0.05) is 54.1 Å². The summed E-state index contributed by atoms with van der Waals surface area (Å²) in [4.78, 5) is 27.5. The van der Waals surface area contributed by atoms with Crippen LogP contribution in [0.1, 0.15) is 11.6 Å². The molecule has 2 fully saturated rings. The third kappa shape index (κ3) is 5.15. The van der Waals surface area contributed by atoms with Crippen molar-refractivity contribution < 1.29 is 4.74 Å². The maximum Gasteiger partial charge on any atom is 0.277 e. The SMILES string of the molecule is O=c1c2cnc(-c3ccccc3)nc2c(N2CCOCC2)nn1CCN1CCNCC1c1cccc(Cl)c1. The van der Waals surface area contributed by atoms with Crippen molar-refractivity contribution in [3.8, 4) is 11.4 Å². The number of piperazine rings is 1. The van der Waals surface area contributed by atoms with Gasteiger partial charge in [0.05, 0.1) is 25.1 Å². The Morgan fingerprint density at radius 1 is 1.03 bits per heavy atom. The number of benzene rings is 2. The van der Waals surface area contributed by atoms with E-state index < -0.39 is 0 Å². The van der Waals surface area contributed by atoms with E-state index in [9.17, 15) is 4.79 Å². The van der Waals surface area contributed by atoms with E-state index in [0.29, 0.717) is 61.9 Å². The molecule has 2 aliphatic rings. The minimum absolute atomic E-state index is 0.175. The van der Waals surface area contributed by atoms with E-state index in [1.807, 2.05) is 48.5 Å². The van der Waals surface area contributed by atoms with Gasteiger partial charge in [0.25, 0.3) is 5.56 Å². The maximum atomic E-state index is 13.6. The van der Waals surface area contributed by atoms with Crippen LogP contribution in [0.5, 0.6) is 0 Å². The van der Waals surface area contributed by atoms with E-state index in [4.69, 9.17) is 26.4 Å². The number of aromatic nitrogens is 4. The standard InChI is InChI=1S/C28H30ClN7O2/c29-22-8-4-7-21(17-22)24-19-30-9-10-34(24)11-12-36-28(37)23-18-31-26(20-5-2-1-3-6-20)32-25(23)27(33-36)35-13-15-38-16-14-35/h1-8,17-18,24,30H,9-16,19H2. The van der Waals surface area contributed by atoms with E-state index in [2.05, 4.69) is 26.2 Å². The van der Waals surface area contributed by atoms with E-state index in [0.717, 1.165) is 30.2 Å². The molecule has 4 aromatic rings. The highest BCUT2D eigenvalue weighted by Crippen LogP contribution is 2.26. The quantitative estimate of drug-likeness (QED) is 0.406. The lowest BCUT2D eigenvalue weighted by atomic mass is 10.0. The minimum Gasteiger partial charge on any atom is -0.378 e. The first kappa shape index (κ1) is 24.9. The summed E-state index contributed by atoms with van der Waals surface area (Å²) in [6.45, 7) is 6.36. The zero-order valence-corrected chi connectivity index (χ0v) is 21.8. The fourth-order valence-electron chi connectivity index (χ4n) is 5.20. The lowest BCUT2D eigenvalue weighted by molar-refractivity contribution is 0.122. The summed E-state index contributed by atoms with van der Waals surface area (Å²) >= 11 is 6.28. The largest absolute Gasteiger partial charge is 0.378 e. The molecular weight excluding hydrogens is 502 g/mol. The molecule has 2 saturated heterocycles. The molecule has 0 spiro atoms. The van der Waals surface area contributed by atoms with Crippen molar-refractivity contribution in [3.63, 3.8) is 0 Å². The molecule has 1 unspecified atom stereocenters. The van der Waals surface area contributed by atoms with Crippen LogP contribution in [-0.2, 0) is 11.3 Å². The third-order valence-corrected chi connectivity index (χ3v) is 7.45. The number of rotatable bonds is 6. The van der Waals surface area contributed by atoms with Crippen molar-refractivity contribution in [2.24, 2.45) is 0 Å². The fraction of sp³-hybridized carbons (Fsp3) is 0.357. The first-order valence-corrected chi connectivity index (χ1v) is 13.4. The Kier molecular flexibility index (Phi) is 7.33. The van der Waals surface area contributed by atoms with Crippen LogP contribution >= 0.6 is 11.6 Å². The van der Waals surface area contributed by atoms with Crippen LogP contribution in [0.25, 0.3) is 22.3 Å². The molecule has 2 aliphatic heterocycles. The Labute approximate surface area is 226 Å². The van der Waals surface area contributed by atoms with Gasteiger partial charge in [0.1, 0.15) is 5.52 Å². The zero-order valence-electron chi connectivity index (χ0n) is 21.1. The minimum atomic E-state index is -0.175. The number of hydrogen-bond donors (Lipinski definition) is 1. The highest BCUT2D eigenvalue weighted by molar-refractivity contribution is 6.30. The smallest absolute Gasteiger partial charge is 0.277 e. The van der Waals surface area contributed by atoms with E-state index in [-0.39, 0.29) is 11.6 Å². The molecule has 0 amide bonds. The second-order valence-electron chi connectivity index (χ2n) is 9.58. The maximum absolute atomic E-state index is 13.6. The number of anilines is 1. The highest BCUT2D eigenvalue weighted by Gasteiger charge is 2.25. The van der Waals surface area contributed by atoms with Gasteiger partial charge in [-0.05, 0) is 17.7 Å². The van der Waals surface area contributed by atoms with Crippen LogP contribution in [0, 0.1) is 0 Å². The Bertz CT molecular complexity index is 1470. The third-order valence-electron chi connectivity index (χ3n) is 7.21. The van der Waals surface area contributed by atoms with Crippen LogP contribution in [0.3, 0.4) is 0 Å². The summed E-state index contributed by atoms with van der Waals surface area (Å²) in [6, 6.07) is 18.0. The van der Waals surface area contributed by atoms with Crippen LogP contribution in [0.4, 0.5) is 5.82 Å². The molecule has 2 aromatic carbocycles. The number of fused-ring (bicyclic) bond motifs is 1. The summed E-state index contributed by atoms with van der Waals surface area (Å²) in [5.74, 6) is 1.28. The predicted octanol–water partition coefficient (Wildman–Crippen LogP) is 2.99. The number of nitrogens with zero attached hydrogens (tertiary/aromatic N) is 6. The van der Waals surface area contributed by atoms with Gasteiger partial charge in [0, 0.05) is 62.1 Å². The highest BCUT2D eigenvalue weighted by atomic mass is 35.5. The molecule has 6 rings (SSSR count). The first-order chi connectivity index (χ1) is 18.7. The molecule has 9 nitrogen and oxygen atoms in total. The molecule has 2 aromatic heterocycles. The molecule has 0 aliphatic carbocycles. The average Bonchev–Trinajstić information content (AvgIpc) is 2.98. The summed E-state index contributed by atoms with van der Waals surface area (Å²) in [6.07, 6.45) is 1.65. The van der Waals surface area contributed by atoms with Crippen LogP contribution in [0.15, 0.2) is 65.6 Å². The van der Waals surface area contributed by atoms with Crippen LogP contribution in [0.2, 0.25) is 5.02 Å². The van der Waals surface area contributed by atoms with Crippen molar-refractivity contribution >= 4 is 28.3 Å². The molecule has 196 valence electrons. The van der Waals surface area contributed by atoms with Gasteiger partial charge in [0.2, 0.25) is 0 Å². The first-order valence-electron chi connectivity index (χ1n) is 13.0. The molecule has 0 saturated carbocycles. The van der Waals surface area contributed by atoms with Gasteiger partial charge in [-0.3, -0.25) is 9.69 Å². The Morgan fingerprint density at radius 3 is 2.68 bits per heavy atom. The molecule has 38 heavy (non-hydrogen) atoms. The zero-order chi connectivity index (χ0) is 25.9. The second-order valence-corrected chi connectivity index (χ2v) is 10.0. The monoisotopic (exact) mass is 531 g/mol. The number of morpholine rings is 1. The molecule has 4 heterocycles. The lowest BCUT2D eigenvalue weighted by Crippen LogP contribution is -2.47. The average molecular weight is 532 g/mol. The number of halogens is 1. The second kappa shape index (κ2) is 11.2. The molecule has 1 N–H and O–H groups in total. The van der Waals surface area contributed by atoms with Gasteiger partial charge in [0.15, 0.2) is 11.6 Å². The number of hydrogen-bond acceptors (Lipinski definition) is 8. The molecular formula is C28H30ClN7O2. The van der Waals surface area contributed by atoms with Crippen LogP contribution in [-0.4, -0.2) is 77.1 Å². The Morgan fingerprint density at radius 2 is 1.87 bits per heavy atom. The fourth-order valence-corrected chi connectivity index (χ4v) is 5.40. The van der Waals surface area contributed by atoms with Gasteiger partial charge in [-0.25, -0.2) is 14.6 Å². The van der Waals surface area contributed by atoms with Crippen molar-refractivity contribution in [1.82, 2.24) is 30.0 Å². The van der Waals surface area contributed by atoms with E-state index >= 15 is 0 Å². The van der Waals surface area contributed by atoms with Gasteiger partial charge < -0.3 is 15.0 Å². The summed E-state index contributed by atoms with van der Waals surface area (Å²) in [5.41, 5.74) is 2.48. The Hall–Kier alpha value is -3.37. The van der Waals surface area contributed by atoms with Crippen molar-refractivity contribution in [3.05, 3.63) is 81.7 Å². The van der Waals surface area contributed by atoms with Crippen molar-refractivity contribution in [2.75, 3.05) is 57.4 Å². The molecule has 0 bridgehead atoms. The summed E-state index contributed by atoms with van der Waals surface area (Å²) in [7, 11) is 0.